The maximum Gasteiger partial charge on any atom is 0.305 e. The number of non-ortho nitro benzene ring substituents is 1. The maximum absolute atomic E-state index is 11.6. The highest BCUT2D eigenvalue weighted by Gasteiger charge is 2.04. The number of carbonyl (C=O) groups excluding carboxylic acids is 1. The number of nitro benzene ring substituents is 1. The molecule has 0 aliphatic heterocycles. The van der Waals surface area contributed by atoms with Crippen molar-refractivity contribution >= 4 is 11.7 Å². The zero-order valence-electron chi connectivity index (χ0n) is 27.5. The number of benzene rings is 1. The van der Waals surface area contributed by atoms with Gasteiger partial charge in [0.15, 0.2) is 0 Å². The van der Waals surface area contributed by atoms with E-state index in [1.807, 2.05) is 0 Å². The normalized spacial score (nSPS) is 11.2. The molecule has 1 aromatic rings. The highest BCUT2D eigenvalue weighted by Crippen LogP contribution is 2.17. The highest BCUT2D eigenvalue weighted by atomic mass is 16.6. The molecule has 0 heterocycles. The number of nitro groups is 1. The molecule has 0 bridgehead atoms. The Hall–Kier alpha value is -2.43. The Labute approximate surface area is 273 Å². The van der Waals surface area contributed by atoms with Crippen LogP contribution in [0, 0.1) is 10.1 Å². The van der Waals surface area contributed by atoms with Gasteiger partial charge in [-0.05, 0) is 18.6 Å². The molecule has 14 heteroatoms. The van der Waals surface area contributed by atoms with E-state index in [2.05, 4.69) is 6.92 Å². The summed E-state index contributed by atoms with van der Waals surface area (Å²) in [5, 5.41) is 10.6. The summed E-state index contributed by atoms with van der Waals surface area (Å²) in [6.45, 7) is 10.1. The van der Waals surface area contributed by atoms with E-state index >= 15 is 0 Å². The van der Waals surface area contributed by atoms with E-state index in [4.69, 9.17) is 47.4 Å². The first kappa shape index (κ1) is 41.6. The second-order valence-corrected chi connectivity index (χ2v) is 9.88. The third-order valence-corrected chi connectivity index (χ3v) is 6.12. The van der Waals surface area contributed by atoms with Gasteiger partial charge in [-0.2, -0.15) is 0 Å². The molecule has 0 unspecified atom stereocenters. The molecule has 46 heavy (non-hydrogen) atoms. The summed E-state index contributed by atoms with van der Waals surface area (Å²) in [6.07, 6.45) is 6.04. The van der Waals surface area contributed by atoms with Crippen LogP contribution in [-0.2, 0) is 47.4 Å². The first-order chi connectivity index (χ1) is 22.6. The van der Waals surface area contributed by atoms with Gasteiger partial charge in [-0.3, -0.25) is 14.9 Å². The minimum absolute atomic E-state index is 0.0241. The van der Waals surface area contributed by atoms with Crippen LogP contribution in [0.4, 0.5) is 5.69 Å². The Morgan fingerprint density at radius 1 is 0.543 bits per heavy atom. The molecular formula is C32H55NO13. The van der Waals surface area contributed by atoms with Gasteiger partial charge in [0.1, 0.15) is 19.0 Å². The maximum atomic E-state index is 11.6. The fourth-order valence-electron chi connectivity index (χ4n) is 3.68. The fourth-order valence-corrected chi connectivity index (χ4v) is 3.68. The number of hydrogen-bond acceptors (Lipinski definition) is 13. The summed E-state index contributed by atoms with van der Waals surface area (Å²) in [7, 11) is 0. The molecular weight excluding hydrogens is 606 g/mol. The molecule has 0 saturated heterocycles. The SMILES string of the molecule is CCCCCCCC(=O)OCCOCCOCCOCCOCCOCCOCCOCCOCCOc1ccc([N+](=O)[O-])cc1. The van der Waals surface area contributed by atoms with E-state index < -0.39 is 4.92 Å². The first-order valence-corrected chi connectivity index (χ1v) is 16.3. The largest absolute Gasteiger partial charge is 0.491 e. The van der Waals surface area contributed by atoms with E-state index in [9.17, 15) is 14.9 Å². The number of nitrogens with zero attached hydrogens (tertiary/aromatic N) is 1. The molecule has 0 atom stereocenters. The van der Waals surface area contributed by atoms with Gasteiger partial charge in [0.2, 0.25) is 0 Å². The van der Waals surface area contributed by atoms with Gasteiger partial charge < -0.3 is 47.4 Å². The predicted molar refractivity (Wildman–Crippen MR) is 169 cm³/mol. The van der Waals surface area contributed by atoms with Gasteiger partial charge >= 0.3 is 5.97 Å². The number of carbonyl (C=O) groups is 1. The van der Waals surface area contributed by atoms with Crippen LogP contribution in [-0.4, -0.2) is 130 Å². The first-order valence-electron chi connectivity index (χ1n) is 16.3. The topological polar surface area (TPSA) is 153 Å². The molecule has 1 rings (SSSR count). The third kappa shape index (κ3) is 27.8. The molecule has 0 aromatic heterocycles. The standard InChI is InChI=1S/C32H55NO13/c1-2-3-4-5-6-7-32(34)46-29-27-44-25-23-42-21-19-40-17-15-38-13-12-37-14-16-39-18-20-41-22-24-43-26-28-45-31-10-8-30(9-11-31)33(35)36/h8-11H,2-7,12-29H2,1H3. The average molecular weight is 662 g/mol. The Morgan fingerprint density at radius 3 is 1.30 bits per heavy atom. The van der Waals surface area contributed by atoms with Gasteiger partial charge in [-0.25, -0.2) is 0 Å². The lowest BCUT2D eigenvalue weighted by atomic mass is 10.1. The van der Waals surface area contributed by atoms with Gasteiger partial charge in [-0.1, -0.05) is 32.6 Å². The Balaban J connectivity index is 1.67. The van der Waals surface area contributed by atoms with Crippen molar-refractivity contribution in [3.8, 4) is 5.75 Å². The van der Waals surface area contributed by atoms with Gasteiger partial charge in [0.05, 0.1) is 111 Å². The van der Waals surface area contributed by atoms with Crippen LogP contribution >= 0.6 is 0 Å². The molecule has 0 amide bonds. The Morgan fingerprint density at radius 2 is 0.913 bits per heavy atom. The summed E-state index contributed by atoms with van der Waals surface area (Å²) < 4.78 is 54.1. The average Bonchev–Trinajstić information content (AvgIpc) is 3.06. The summed E-state index contributed by atoms with van der Waals surface area (Å²) in [6, 6.07) is 5.90. The van der Waals surface area contributed by atoms with Crippen LogP contribution in [0.5, 0.6) is 5.75 Å². The fraction of sp³-hybridized carbons (Fsp3) is 0.781. The zero-order chi connectivity index (χ0) is 33.2. The van der Waals surface area contributed by atoms with Gasteiger partial charge in [-0.15, -0.1) is 0 Å². The molecule has 1 aromatic carbocycles. The van der Waals surface area contributed by atoms with Crippen LogP contribution in [0.25, 0.3) is 0 Å². The number of ether oxygens (including phenoxy) is 10. The number of esters is 1. The number of unbranched alkanes of at least 4 members (excludes halogenated alkanes) is 4. The van der Waals surface area contributed by atoms with Crippen LogP contribution in [0.1, 0.15) is 45.4 Å². The molecule has 0 saturated carbocycles. The molecule has 266 valence electrons. The van der Waals surface area contributed by atoms with Gasteiger partial charge in [0.25, 0.3) is 5.69 Å². The van der Waals surface area contributed by atoms with Crippen molar-refractivity contribution < 1.29 is 57.1 Å². The van der Waals surface area contributed by atoms with Crippen molar-refractivity contribution in [2.24, 2.45) is 0 Å². The van der Waals surface area contributed by atoms with Crippen LogP contribution in [0.15, 0.2) is 24.3 Å². The number of hydrogen-bond donors (Lipinski definition) is 0. The van der Waals surface area contributed by atoms with E-state index in [-0.39, 0.29) is 18.3 Å². The van der Waals surface area contributed by atoms with Crippen LogP contribution in [0.3, 0.4) is 0 Å². The van der Waals surface area contributed by atoms with Crippen LogP contribution in [0.2, 0.25) is 0 Å². The van der Waals surface area contributed by atoms with Crippen molar-refractivity contribution in [2.45, 2.75) is 45.4 Å². The smallest absolute Gasteiger partial charge is 0.305 e. The minimum atomic E-state index is -0.453. The van der Waals surface area contributed by atoms with E-state index in [0.717, 1.165) is 12.8 Å². The zero-order valence-corrected chi connectivity index (χ0v) is 27.5. The van der Waals surface area contributed by atoms with E-state index in [1.165, 1.54) is 31.4 Å². The van der Waals surface area contributed by atoms with Crippen LogP contribution < -0.4 is 4.74 Å². The monoisotopic (exact) mass is 661 g/mol. The molecule has 0 spiro atoms. The molecule has 0 aliphatic rings. The highest BCUT2D eigenvalue weighted by molar-refractivity contribution is 5.69. The van der Waals surface area contributed by atoms with Gasteiger partial charge in [0, 0.05) is 18.6 Å². The second-order valence-electron chi connectivity index (χ2n) is 9.88. The van der Waals surface area contributed by atoms with Crippen molar-refractivity contribution in [1.29, 1.82) is 0 Å². The van der Waals surface area contributed by atoms with Crippen molar-refractivity contribution in [3.63, 3.8) is 0 Å². The van der Waals surface area contributed by atoms with E-state index in [0.29, 0.717) is 124 Å². The molecule has 0 aliphatic carbocycles. The lowest BCUT2D eigenvalue weighted by Gasteiger charge is -2.09. The summed E-state index contributed by atoms with van der Waals surface area (Å²) in [4.78, 5) is 21.8. The molecule has 0 radical (unpaired) electrons. The lowest BCUT2D eigenvalue weighted by Crippen LogP contribution is -2.15. The Kier molecular flexibility index (Phi) is 29.4. The quantitative estimate of drug-likeness (QED) is 0.0446. The predicted octanol–water partition coefficient (Wildman–Crippen LogP) is 4.01. The Bertz CT molecular complexity index is 829. The van der Waals surface area contributed by atoms with Crippen molar-refractivity contribution in [2.75, 3.05) is 119 Å². The third-order valence-electron chi connectivity index (χ3n) is 6.12. The van der Waals surface area contributed by atoms with Crippen molar-refractivity contribution in [3.05, 3.63) is 34.4 Å². The van der Waals surface area contributed by atoms with E-state index in [1.54, 1.807) is 12.1 Å². The van der Waals surface area contributed by atoms with Crippen molar-refractivity contribution in [1.82, 2.24) is 0 Å². The second kappa shape index (κ2) is 32.5. The molecule has 0 N–H and O–H groups in total. The number of rotatable bonds is 35. The lowest BCUT2D eigenvalue weighted by molar-refractivity contribution is -0.384. The summed E-state index contributed by atoms with van der Waals surface area (Å²) in [5.74, 6) is 0.400. The summed E-state index contributed by atoms with van der Waals surface area (Å²) >= 11 is 0. The summed E-state index contributed by atoms with van der Waals surface area (Å²) in [5.41, 5.74) is 0.0241. The molecule has 14 nitrogen and oxygen atoms in total. The molecule has 0 fully saturated rings. The minimum Gasteiger partial charge on any atom is -0.491 e.